The summed E-state index contributed by atoms with van der Waals surface area (Å²) in [5.74, 6) is -0.237. The zero-order valence-electron chi connectivity index (χ0n) is 40.7. The van der Waals surface area contributed by atoms with Gasteiger partial charge in [0.25, 0.3) is 0 Å². The molecule has 2 aliphatic rings. The van der Waals surface area contributed by atoms with Gasteiger partial charge in [0.05, 0.1) is 32.0 Å². The topological polar surface area (TPSA) is 228 Å². The number of rotatable bonds is 41. The van der Waals surface area contributed by atoms with Crippen LogP contribution in [0.4, 0.5) is 0 Å². The number of nitrogens with one attached hydrogen (secondary N) is 1. The lowest BCUT2D eigenvalue weighted by Gasteiger charge is -2.46. The molecule has 2 saturated heterocycles. The van der Waals surface area contributed by atoms with Gasteiger partial charge in [0.1, 0.15) is 48.8 Å². The molecule has 14 heteroatoms. The van der Waals surface area contributed by atoms with E-state index in [9.17, 15) is 45.6 Å². The summed E-state index contributed by atoms with van der Waals surface area (Å²) in [5, 5.41) is 86.7. The lowest BCUT2D eigenvalue weighted by Crippen LogP contribution is -2.65. The minimum atomic E-state index is -1.78. The fourth-order valence-corrected chi connectivity index (χ4v) is 8.88. The third-order valence-electron chi connectivity index (χ3n) is 13.2. The summed E-state index contributed by atoms with van der Waals surface area (Å²) in [6.45, 7) is 2.79. The van der Waals surface area contributed by atoms with Crippen molar-refractivity contribution in [3.8, 4) is 0 Å². The van der Waals surface area contributed by atoms with Crippen molar-refractivity contribution in [2.75, 3.05) is 19.8 Å². The maximum atomic E-state index is 13.2. The smallest absolute Gasteiger partial charge is 0.220 e. The van der Waals surface area contributed by atoms with Gasteiger partial charge in [-0.3, -0.25) is 4.79 Å². The van der Waals surface area contributed by atoms with E-state index in [-0.39, 0.29) is 18.9 Å². The zero-order chi connectivity index (χ0) is 47.5. The molecule has 2 aliphatic heterocycles. The maximum Gasteiger partial charge on any atom is 0.220 e. The van der Waals surface area contributed by atoms with Crippen LogP contribution in [0.5, 0.6) is 0 Å². The van der Waals surface area contributed by atoms with Gasteiger partial charge in [-0.1, -0.05) is 199 Å². The molecule has 2 heterocycles. The molecule has 0 radical (unpaired) electrons. The van der Waals surface area contributed by atoms with E-state index in [4.69, 9.17) is 18.9 Å². The number of aliphatic hydroxyl groups is 8. The zero-order valence-corrected chi connectivity index (χ0v) is 40.7. The van der Waals surface area contributed by atoms with Gasteiger partial charge in [0.2, 0.25) is 5.91 Å². The molecule has 0 saturated carbocycles. The predicted octanol–water partition coefficient (Wildman–Crippen LogP) is 7.16. The summed E-state index contributed by atoms with van der Waals surface area (Å²) in [7, 11) is 0. The number of ether oxygens (including phenoxy) is 4. The molecule has 0 spiro atoms. The summed E-state index contributed by atoms with van der Waals surface area (Å²) in [6, 6.07) is -0.907. The third-order valence-corrected chi connectivity index (χ3v) is 13.2. The van der Waals surface area contributed by atoms with Crippen LogP contribution in [0.1, 0.15) is 213 Å². The van der Waals surface area contributed by atoms with E-state index in [0.29, 0.717) is 6.42 Å². The minimum absolute atomic E-state index is 0.237. The van der Waals surface area contributed by atoms with Crippen LogP contribution in [0.25, 0.3) is 0 Å². The Bertz CT molecular complexity index is 1150. The number of carbonyl (C=O) groups is 1. The van der Waals surface area contributed by atoms with E-state index >= 15 is 0 Å². The van der Waals surface area contributed by atoms with Gasteiger partial charge >= 0.3 is 0 Å². The Morgan fingerprint density at radius 2 is 0.954 bits per heavy atom. The second kappa shape index (κ2) is 38.6. The van der Waals surface area contributed by atoms with Crippen molar-refractivity contribution in [1.29, 1.82) is 0 Å². The highest BCUT2D eigenvalue weighted by Gasteiger charge is 2.51. The van der Waals surface area contributed by atoms with Crippen LogP contribution < -0.4 is 5.32 Å². The molecule has 0 aromatic carbocycles. The van der Waals surface area contributed by atoms with Gasteiger partial charge in [-0.05, 0) is 19.3 Å². The molecule has 0 aliphatic carbocycles. The summed E-state index contributed by atoms with van der Waals surface area (Å²) in [6.07, 6.45) is 23.9. The number of amides is 1. The number of carbonyl (C=O) groups excluding carboxylic acids is 1. The highest BCUT2D eigenvalue weighted by molar-refractivity contribution is 5.76. The number of hydrogen-bond donors (Lipinski definition) is 9. The van der Waals surface area contributed by atoms with Gasteiger partial charge in [-0.15, -0.1) is 0 Å². The van der Waals surface area contributed by atoms with E-state index in [1.54, 1.807) is 6.08 Å². The third kappa shape index (κ3) is 25.8. The van der Waals surface area contributed by atoms with Crippen LogP contribution in [0.3, 0.4) is 0 Å². The van der Waals surface area contributed by atoms with Gasteiger partial charge in [-0.25, -0.2) is 0 Å². The van der Waals surface area contributed by atoms with Crippen molar-refractivity contribution in [3.63, 3.8) is 0 Å². The van der Waals surface area contributed by atoms with Crippen molar-refractivity contribution in [1.82, 2.24) is 5.32 Å². The first kappa shape index (κ1) is 59.9. The second-order valence-electron chi connectivity index (χ2n) is 19.0. The Morgan fingerprint density at radius 3 is 1.42 bits per heavy atom. The molecule has 2 rings (SSSR count). The molecule has 65 heavy (non-hydrogen) atoms. The first-order valence-corrected chi connectivity index (χ1v) is 26.4. The highest BCUT2D eigenvalue weighted by Crippen LogP contribution is 2.30. The van der Waals surface area contributed by atoms with E-state index in [0.717, 1.165) is 38.5 Å². The molecule has 12 unspecified atom stereocenters. The first-order valence-electron chi connectivity index (χ1n) is 26.4. The molecule has 14 nitrogen and oxygen atoms in total. The maximum absolute atomic E-state index is 13.2. The summed E-state index contributed by atoms with van der Waals surface area (Å²) < 4.78 is 22.7. The quantitative estimate of drug-likeness (QED) is 0.0219. The van der Waals surface area contributed by atoms with Crippen LogP contribution in [0, 0.1) is 0 Å². The molecular formula is C51H97NO13. The molecule has 1 amide bonds. The number of unbranched alkanes of at least 4 members (excludes halogenated alkanes) is 28. The number of aliphatic hydroxyl groups excluding tert-OH is 8. The van der Waals surface area contributed by atoms with Crippen LogP contribution in [-0.2, 0) is 23.7 Å². The van der Waals surface area contributed by atoms with Crippen LogP contribution >= 0.6 is 0 Å². The molecular weight excluding hydrogens is 835 g/mol. The standard InChI is InChI=1S/C51H97NO13/c1-3-5-7-9-11-13-15-17-18-19-20-21-23-25-27-29-31-33-35-43(56)52-39(40(55)34-32-30-28-26-24-22-16-14-12-10-8-6-4-2)38-62-50-48(61)46(59)49(42(37-54)64-50)65-51-47(60)45(58)44(57)41(36-53)63-51/h32,34,39-42,44-51,53-55,57-61H,3-31,33,35-38H2,1-2H3,(H,52,56)/b34-32+. The van der Waals surface area contributed by atoms with E-state index in [2.05, 4.69) is 19.2 Å². The molecule has 0 aromatic rings. The van der Waals surface area contributed by atoms with Gasteiger partial charge in [0.15, 0.2) is 12.6 Å². The Kier molecular flexibility index (Phi) is 35.5. The molecule has 0 bridgehead atoms. The molecule has 0 aromatic heterocycles. The Morgan fingerprint density at radius 1 is 0.538 bits per heavy atom. The Labute approximate surface area is 393 Å². The lowest BCUT2D eigenvalue weighted by atomic mass is 9.97. The van der Waals surface area contributed by atoms with Crippen LogP contribution in [0.2, 0.25) is 0 Å². The number of hydrogen-bond acceptors (Lipinski definition) is 13. The highest BCUT2D eigenvalue weighted by atomic mass is 16.7. The van der Waals surface area contributed by atoms with E-state index in [1.807, 2.05) is 6.08 Å². The van der Waals surface area contributed by atoms with Crippen molar-refractivity contribution < 1.29 is 64.6 Å². The van der Waals surface area contributed by atoms with Crippen molar-refractivity contribution >= 4 is 5.91 Å². The van der Waals surface area contributed by atoms with Gasteiger partial charge < -0.3 is 65.1 Å². The lowest BCUT2D eigenvalue weighted by molar-refractivity contribution is -0.359. The van der Waals surface area contributed by atoms with E-state index in [1.165, 1.54) is 148 Å². The minimum Gasteiger partial charge on any atom is -0.394 e. The van der Waals surface area contributed by atoms with E-state index < -0.39 is 86.8 Å². The second-order valence-corrected chi connectivity index (χ2v) is 19.0. The first-order chi connectivity index (χ1) is 31.6. The number of allylic oxidation sites excluding steroid dienone is 1. The average molecular weight is 932 g/mol. The molecule has 12 atom stereocenters. The monoisotopic (exact) mass is 932 g/mol. The van der Waals surface area contributed by atoms with Gasteiger partial charge in [-0.2, -0.15) is 0 Å². The Hall–Kier alpha value is -1.27. The molecule has 2 fully saturated rings. The predicted molar refractivity (Wildman–Crippen MR) is 254 cm³/mol. The fraction of sp³-hybridized carbons (Fsp3) is 0.941. The summed E-state index contributed by atoms with van der Waals surface area (Å²) in [5.41, 5.74) is 0. The fourth-order valence-electron chi connectivity index (χ4n) is 8.88. The summed E-state index contributed by atoms with van der Waals surface area (Å²) >= 11 is 0. The van der Waals surface area contributed by atoms with Crippen molar-refractivity contribution in [2.45, 2.75) is 286 Å². The average Bonchev–Trinajstić information content (AvgIpc) is 3.30. The normalized spacial score (nSPS) is 27.0. The van der Waals surface area contributed by atoms with Crippen molar-refractivity contribution in [3.05, 3.63) is 12.2 Å². The Balaban J connectivity index is 1.82. The molecule has 9 N–H and O–H groups in total. The SMILES string of the molecule is CCCCCCCCCCCCC/C=C/C(O)C(COC1OC(CO)C(OC2OC(CO)C(O)C(O)C2O)C(O)C1O)NC(=O)CCCCCCCCCCCCCCCCCCCC. The largest absolute Gasteiger partial charge is 0.394 e. The van der Waals surface area contributed by atoms with Crippen LogP contribution in [0.15, 0.2) is 12.2 Å². The summed E-state index contributed by atoms with van der Waals surface area (Å²) in [4.78, 5) is 13.2. The molecule has 384 valence electrons. The van der Waals surface area contributed by atoms with Crippen LogP contribution in [-0.4, -0.2) is 140 Å². The van der Waals surface area contributed by atoms with Gasteiger partial charge in [0, 0.05) is 6.42 Å². The van der Waals surface area contributed by atoms with Crippen molar-refractivity contribution in [2.24, 2.45) is 0 Å².